The molecule has 9 heteroatoms. The number of carboxylic acids is 1. The van der Waals surface area contributed by atoms with Gasteiger partial charge in [0.05, 0.1) is 18.8 Å². The number of carboxylic acid groups (broad SMARTS) is 1. The van der Waals surface area contributed by atoms with Crippen molar-refractivity contribution in [1.82, 2.24) is 10.6 Å². The third-order valence-electron chi connectivity index (χ3n) is 6.25. The van der Waals surface area contributed by atoms with Gasteiger partial charge in [-0.1, -0.05) is 48.5 Å². The second-order valence-corrected chi connectivity index (χ2v) is 8.50. The molecule has 1 heterocycles. The van der Waals surface area contributed by atoms with Gasteiger partial charge in [0.2, 0.25) is 5.91 Å². The SMILES string of the molecule is O=C(O)CCC(NC(=O)OCC1c2ccccc2-c2ccccc21)C(=O)NC1COCCC1O. The molecular formula is C25H28N2O7. The summed E-state index contributed by atoms with van der Waals surface area (Å²) in [5.74, 6) is -1.82. The molecule has 9 nitrogen and oxygen atoms in total. The lowest BCUT2D eigenvalue weighted by atomic mass is 9.98. The summed E-state index contributed by atoms with van der Waals surface area (Å²) in [5.41, 5.74) is 4.31. The van der Waals surface area contributed by atoms with Crippen LogP contribution in [0.2, 0.25) is 0 Å². The molecule has 4 N–H and O–H groups in total. The van der Waals surface area contributed by atoms with Gasteiger partial charge in [0.1, 0.15) is 12.6 Å². The number of aliphatic hydroxyl groups excluding tert-OH is 1. The summed E-state index contributed by atoms with van der Waals surface area (Å²) in [4.78, 5) is 36.4. The number of fused-ring (bicyclic) bond motifs is 3. The van der Waals surface area contributed by atoms with Crippen LogP contribution >= 0.6 is 0 Å². The van der Waals surface area contributed by atoms with Crippen LogP contribution in [0.5, 0.6) is 0 Å². The van der Waals surface area contributed by atoms with Crippen molar-refractivity contribution in [2.24, 2.45) is 0 Å². The molecule has 2 aliphatic rings. The Hall–Kier alpha value is -3.43. The minimum absolute atomic E-state index is 0.0717. The molecule has 0 bridgehead atoms. The lowest BCUT2D eigenvalue weighted by molar-refractivity contribution is -0.137. The van der Waals surface area contributed by atoms with E-state index in [1.54, 1.807) is 0 Å². The van der Waals surface area contributed by atoms with Crippen LogP contribution in [0.25, 0.3) is 11.1 Å². The Balaban J connectivity index is 1.40. The van der Waals surface area contributed by atoms with Gasteiger partial charge in [0.15, 0.2) is 0 Å². The van der Waals surface area contributed by atoms with Gasteiger partial charge in [0.25, 0.3) is 0 Å². The van der Waals surface area contributed by atoms with Crippen LogP contribution in [0, 0.1) is 0 Å². The Kier molecular flexibility index (Phi) is 7.44. The summed E-state index contributed by atoms with van der Waals surface area (Å²) < 4.78 is 10.8. The van der Waals surface area contributed by atoms with Crippen LogP contribution in [-0.2, 0) is 19.1 Å². The maximum Gasteiger partial charge on any atom is 0.407 e. The van der Waals surface area contributed by atoms with Crippen molar-refractivity contribution in [3.8, 4) is 11.1 Å². The summed E-state index contributed by atoms with van der Waals surface area (Å²) in [7, 11) is 0. The Morgan fingerprint density at radius 2 is 1.71 bits per heavy atom. The predicted molar refractivity (Wildman–Crippen MR) is 122 cm³/mol. The molecule has 0 radical (unpaired) electrons. The number of hydrogen-bond acceptors (Lipinski definition) is 6. The smallest absolute Gasteiger partial charge is 0.407 e. The molecule has 2 amide bonds. The van der Waals surface area contributed by atoms with Crippen LogP contribution in [0.4, 0.5) is 4.79 Å². The van der Waals surface area contributed by atoms with Crippen LogP contribution < -0.4 is 10.6 Å². The Morgan fingerprint density at radius 1 is 1.06 bits per heavy atom. The average molecular weight is 469 g/mol. The molecule has 1 aliphatic heterocycles. The highest BCUT2D eigenvalue weighted by atomic mass is 16.5. The first-order valence-electron chi connectivity index (χ1n) is 11.3. The maximum atomic E-state index is 12.8. The molecule has 0 aromatic heterocycles. The second-order valence-electron chi connectivity index (χ2n) is 8.50. The van der Waals surface area contributed by atoms with Gasteiger partial charge in [0, 0.05) is 18.9 Å². The van der Waals surface area contributed by atoms with Gasteiger partial charge < -0.3 is 30.3 Å². The van der Waals surface area contributed by atoms with Crippen LogP contribution in [-0.4, -0.2) is 66.2 Å². The van der Waals surface area contributed by atoms with Gasteiger partial charge in [-0.2, -0.15) is 0 Å². The van der Waals surface area contributed by atoms with Crippen molar-refractivity contribution in [1.29, 1.82) is 0 Å². The van der Waals surface area contributed by atoms with Crippen LogP contribution in [0.1, 0.15) is 36.3 Å². The van der Waals surface area contributed by atoms with Crippen LogP contribution in [0.3, 0.4) is 0 Å². The molecule has 0 saturated carbocycles. The van der Waals surface area contributed by atoms with Gasteiger partial charge in [-0.05, 0) is 35.1 Å². The fourth-order valence-electron chi connectivity index (χ4n) is 4.47. The standard InChI is InChI=1S/C25H28N2O7/c28-22-11-12-33-14-21(22)26-24(31)20(9-10-23(29)30)27-25(32)34-13-19-17-7-3-1-5-15(17)16-6-2-4-8-18(16)19/h1-8,19-22,28H,9-14H2,(H,26,31)(H,27,32)(H,29,30). The molecule has 0 spiro atoms. The molecule has 3 unspecified atom stereocenters. The fraction of sp³-hybridized carbons (Fsp3) is 0.400. The quantitative estimate of drug-likeness (QED) is 0.466. The minimum atomic E-state index is -1.12. The Bertz CT molecular complexity index is 1010. The normalized spacial score (nSPS) is 20.0. The van der Waals surface area contributed by atoms with E-state index in [0.29, 0.717) is 13.0 Å². The zero-order chi connectivity index (χ0) is 24.1. The third-order valence-corrected chi connectivity index (χ3v) is 6.25. The second kappa shape index (κ2) is 10.7. The summed E-state index contributed by atoms with van der Waals surface area (Å²) in [6.07, 6.45) is -1.63. The third kappa shape index (κ3) is 5.37. The summed E-state index contributed by atoms with van der Waals surface area (Å²) in [5, 5.41) is 24.2. The van der Waals surface area contributed by atoms with E-state index in [1.807, 2.05) is 48.5 Å². The number of alkyl carbamates (subject to hydrolysis) is 1. The highest BCUT2D eigenvalue weighted by Gasteiger charge is 2.31. The maximum absolute atomic E-state index is 12.8. The fourth-order valence-corrected chi connectivity index (χ4v) is 4.47. The number of aliphatic hydroxyl groups is 1. The number of aliphatic carboxylic acids is 1. The Labute approximate surface area is 197 Å². The van der Waals surface area contributed by atoms with E-state index in [0.717, 1.165) is 22.3 Å². The number of rotatable bonds is 8. The van der Waals surface area contributed by atoms with Gasteiger partial charge in [-0.15, -0.1) is 0 Å². The zero-order valence-corrected chi connectivity index (χ0v) is 18.6. The number of amides is 2. The highest BCUT2D eigenvalue weighted by Crippen LogP contribution is 2.44. The van der Waals surface area contributed by atoms with Crippen molar-refractivity contribution >= 4 is 18.0 Å². The topological polar surface area (TPSA) is 134 Å². The van der Waals surface area contributed by atoms with Crippen molar-refractivity contribution in [3.63, 3.8) is 0 Å². The highest BCUT2D eigenvalue weighted by molar-refractivity contribution is 5.86. The summed E-state index contributed by atoms with van der Waals surface area (Å²) in [6.45, 7) is 0.611. The van der Waals surface area contributed by atoms with E-state index >= 15 is 0 Å². The van der Waals surface area contributed by atoms with Gasteiger partial charge in [-0.25, -0.2) is 4.79 Å². The van der Waals surface area contributed by atoms with E-state index in [4.69, 9.17) is 14.6 Å². The number of carbonyl (C=O) groups is 3. The number of nitrogens with one attached hydrogen (secondary N) is 2. The van der Waals surface area contributed by atoms with E-state index in [2.05, 4.69) is 10.6 Å². The first-order chi connectivity index (χ1) is 16.4. The first kappa shape index (κ1) is 23.7. The average Bonchev–Trinajstić information content (AvgIpc) is 3.15. The molecule has 1 aliphatic carbocycles. The lowest BCUT2D eigenvalue weighted by Crippen LogP contribution is -2.55. The lowest BCUT2D eigenvalue weighted by Gasteiger charge is -2.30. The van der Waals surface area contributed by atoms with E-state index in [1.165, 1.54) is 0 Å². The monoisotopic (exact) mass is 468 g/mol. The number of benzene rings is 2. The molecule has 3 atom stereocenters. The zero-order valence-electron chi connectivity index (χ0n) is 18.6. The van der Waals surface area contributed by atoms with Crippen LogP contribution in [0.15, 0.2) is 48.5 Å². The minimum Gasteiger partial charge on any atom is -0.481 e. The summed E-state index contributed by atoms with van der Waals surface area (Å²) >= 11 is 0. The molecule has 4 rings (SSSR count). The van der Waals surface area contributed by atoms with Gasteiger partial charge >= 0.3 is 12.1 Å². The van der Waals surface area contributed by atoms with Crippen molar-refractivity contribution in [2.45, 2.75) is 43.4 Å². The molecule has 1 fully saturated rings. The molecule has 34 heavy (non-hydrogen) atoms. The first-order valence-corrected chi connectivity index (χ1v) is 11.3. The molecular weight excluding hydrogens is 440 g/mol. The Morgan fingerprint density at radius 3 is 2.32 bits per heavy atom. The van der Waals surface area contributed by atoms with E-state index in [-0.39, 0.29) is 32.0 Å². The predicted octanol–water partition coefficient (Wildman–Crippen LogP) is 2.02. The molecule has 1 saturated heterocycles. The van der Waals surface area contributed by atoms with Gasteiger partial charge in [-0.3, -0.25) is 9.59 Å². The van der Waals surface area contributed by atoms with E-state index in [9.17, 15) is 19.5 Å². The molecule has 2 aromatic carbocycles. The molecule has 2 aromatic rings. The largest absolute Gasteiger partial charge is 0.481 e. The molecule has 180 valence electrons. The summed E-state index contributed by atoms with van der Waals surface area (Å²) in [6, 6.07) is 14.1. The number of carbonyl (C=O) groups excluding carboxylic acids is 2. The van der Waals surface area contributed by atoms with Crippen molar-refractivity contribution in [2.75, 3.05) is 19.8 Å². The van der Waals surface area contributed by atoms with Crippen molar-refractivity contribution in [3.05, 3.63) is 59.7 Å². The number of hydrogen-bond donors (Lipinski definition) is 4. The number of ether oxygens (including phenoxy) is 2. The van der Waals surface area contributed by atoms with Crippen molar-refractivity contribution < 1.29 is 34.1 Å². The van der Waals surface area contributed by atoms with E-state index < -0.39 is 36.2 Å².